The summed E-state index contributed by atoms with van der Waals surface area (Å²) in [6.07, 6.45) is 2.86. The van der Waals surface area contributed by atoms with Crippen molar-refractivity contribution in [1.82, 2.24) is 30.0 Å². The van der Waals surface area contributed by atoms with E-state index < -0.39 is 0 Å². The van der Waals surface area contributed by atoms with Gasteiger partial charge in [0.1, 0.15) is 11.3 Å². The van der Waals surface area contributed by atoms with Gasteiger partial charge in [-0.3, -0.25) is 4.90 Å². The minimum absolute atomic E-state index is 0.878. The summed E-state index contributed by atoms with van der Waals surface area (Å²) in [5.41, 5.74) is 0. The second-order valence-corrected chi connectivity index (χ2v) is 4.97. The van der Waals surface area contributed by atoms with Crippen LogP contribution in [0.1, 0.15) is 11.4 Å². The Morgan fingerprint density at radius 3 is 3.31 bits per heavy atom. The Morgan fingerprint density at radius 1 is 1.38 bits per heavy atom. The van der Waals surface area contributed by atoms with Crippen molar-refractivity contribution in [3.8, 4) is 0 Å². The number of hydrogen-bond donors (Lipinski definition) is 1. The molecular formula is C9H14N6S. The van der Waals surface area contributed by atoms with E-state index in [9.17, 15) is 0 Å². The zero-order valence-electron chi connectivity index (χ0n) is 8.96. The normalized spacial score (nSPS) is 19.0. The molecule has 3 heterocycles. The van der Waals surface area contributed by atoms with Crippen molar-refractivity contribution < 1.29 is 0 Å². The predicted octanol–water partition coefficient (Wildman–Crippen LogP) is -0.0189. The minimum Gasteiger partial charge on any atom is -0.315 e. The first-order chi connectivity index (χ1) is 7.92. The second kappa shape index (κ2) is 4.44. The van der Waals surface area contributed by atoms with Gasteiger partial charge in [-0.25, -0.2) is 0 Å². The largest absolute Gasteiger partial charge is 0.315 e. The monoisotopic (exact) mass is 238 g/mol. The van der Waals surface area contributed by atoms with Gasteiger partial charge in [-0.2, -0.15) is 9.61 Å². The summed E-state index contributed by atoms with van der Waals surface area (Å²) in [5, 5.41) is 16.8. The molecule has 1 N–H and O–H groups in total. The molecule has 0 amide bonds. The van der Waals surface area contributed by atoms with E-state index in [1.54, 1.807) is 22.2 Å². The lowest BCUT2D eigenvalue weighted by molar-refractivity contribution is 0.283. The Hall–Kier alpha value is -1.05. The fraction of sp³-hybridized carbons (Fsp3) is 0.667. The molecule has 0 aromatic carbocycles. The third kappa shape index (κ3) is 2.06. The fourth-order valence-electron chi connectivity index (χ4n) is 1.92. The van der Waals surface area contributed by atoms with E-state index >= 15 is 0 Å². The molecule has 2 aromatic rings. The van der Waals surface area contributed by atoms with E-state index in [2.05, 4.69) is 25.5 Å². The third-order valence-corrected chi connectivity index (χ3v) is 3.62. The van der Waals surface area contributed by atoms with Gasteiger partial charge < -0.3 is 5.32 Å². The van der Waals surface area contributed by atoms with Crippen molar-refractivity contribution in [3.05, 3.63) is 11.3 Å². The first-order valence-electron chi connectivity index (χ1n) is 5.50. The highest BCUT2D eigenvalue weighted by Gasteiger charge is 2.12. The van der Waals surface area contributed by atoms with Crippen molar-refractivity contribution in [1.29, 1.82) is 0 Å². The first kappa shape index (κ1) is 10.1. The fourth-order valence-corrected chi connectivity index (χ4v) is 2.77. The van der Waals surface area contributed by atoms with E-state index in [0.717, 1.165) is 42.7 Å². The van der Waals surface area contributed by atoms with Gasteiger partial charge in [-0.15, -0.1) is 10.2 Å². The van der Waals surface area contributed by atoms with Crippen LogP contribution >= 0.6 is 11.3 Å². The van der Waals surface area contributed by atoms with E-state index in [1.165, 1.54) is 6.42 Å². The maximum Gasteiger partial charge on any atom is 0.234 e. The Labute approximate surface area is 97.3 Å². The highest BCUT2D eigenvalue weighted by Crippen LogP contribution is 2.14. The van der Waals surface area contributed by atoms with Gasteiger partial charge in [0.15, 0.2) is 0 Å². The van der Waals surface area contributed by atoms with E-state index in [-0.39, 0.29) is 0 Å². The third-order valence-electron chi connectivity index (χ3n) is 2.72. The van der Waals surface area contributed by atoms with Crippen LogP contribution in [0, 0.1) is 0 Å². The van der Waals surface area contributed by atoms with E-state index in [4.69, 9.17) is 0 Å². The van der Waals surface area contributed by atoms with Gasteiger partial charge in [0.05, 0.1) is 6.54 Å². The van der Waals surface area contributed by atoms with Crippen LogP contribution in [0.25, 0.3) is 4.96 Å². The predicted molar refractivity (Wildman–Crippen MR) is 61.4 cm³/mol. The summed E-state index contributed by atoms with van der Waals surface area (Å²) in [6, 6.07) is 0. The molecule has 2 aromatic heterocycles. The van der Waals surface area contributed by atoms with Gasteiger partial charge in [-0.05, 0) is 19.5 Å². The highest BCUT2D eigenvalue weighted by molar-refractivity contribution is 7.16. The molecule has 0 radical (unpaired) electrons. The van der Waals surface area contributed by atoms with Crippen molar-refractivity contribution in [3.63, 3.8) is 0 Å². The SMILES string of the molecule is c1nnc2sc(CN3CCCNCC3)nn12. The molecule has 1 fully saturated rings. The number of rotatable bonds is 2. The zero-order chi connectivity index (χ0) is 10.8. The number of aromatic nitrogens is 4. The Balaban J connectivity index is 1.71. The van der Waals surface area contributed by atoms with Gasteiger partial charge in [0, 0.05) is 13.1 Å². The number of nitrogens with one attached hydrogen (secondary N) is 1. The molecule has 0 spiro atoms. The number of nitrogens with zero attached hydrogens (tertiary/aromatic N) is 5. The molecule has 1 aliphatic heterocycles. The van der Waals surface area contributed by atoms with Crippen molar-refractivity contribution in [2.24, 2.45) is 0 Å². The van der Waals surface area contributed by atoms with Crippen LogP contribution in [0.3, 0.4) is 0 Å². The van der Waals surface area contributed by atoms with E-state index in [1.807, 2.05) is 0 Å². The molecule has 1 saturated heterocycles. The smallest absolute Gasteiger partial charge is 0.234 e. The molecule has 0 saturated carbocycles. The molecule has 0 unspecified atom stereocenters. The lowest BCUT2D eigenvalue weighted by Gasteiger charge is -2.16. The molecule has 6 nitrogen and oxygen atoms in total. The lowest BCUT2D eigenvalue weighted by Crippen LogP contribution is -2.27. The van der Waals surface area contributed by atoms with Gasteiger partial charge in [0.25, 0.3) is 0 Å². The van der Waals surface area contributed by atoms with Gasteiger partial charge in [-0.1, -0.05) is 11.3 Å². The molecule has 0 bridgehead atoms. The van der Waals surface area contributed by atoms with Crippen LogP contribution in [-0.2, 0) is 6.54 Å². The molecule has 3 rings (SSSR count). The van der Waals surface area contributed by atoms with Crippen LogP contribution in [0.5, 0.6) is 0 Å². The van der Waals surface area contributed by atoms with Gasteiger partial charge >= 0.3 is 0 Å². The highest BCUT2D eigenvalue weighted by atomic mass is 32.1. The maximum absolute atomic E-state index is 4.45. The number of hydrogen-bond acceptors (Lipinski definition) is 6. The van der Waals surface area contributed by atoms with Crippen LogP contribution in [-0.4, -0.2) is 50.9 Å². The number of fused-ring (bicyclic) bond motifs is 1. The van der Waals surface area contributed by atoms with Crippen LogP contribution in [0.4, 0.5) is 0 Å². The Morgan fingerprint density at radius 2 is 2.38 bits per heavy atom. The Kier molecular flexibility index (Phi) is 2.81. The molecule has 0 atom stereocenters. The molecule has 0 aliphatic carbocycles. The molecule has 16 heavy (non-hydrogen) atoms. The van der Waals surface area contributed by atoms with Crippen molar-refractivity contribution >= 4 is 16.3 Å². The topological polar surface area (TPSA) is 58.4 Å². The summed E-state index contributed by atoms with van der Waals surface area (Å²) >= 11 is 1.62. The summed E-state index contributed by atoms with van der Waals surface area (Å²) in [7, 11) is 0. The van der Waals surface area contributed by atoms with Crippen molar-refractivity contribution in [2.75, 3.05) is 26.2 Å². The average molecular weight is 238 g/mol. The lowest BCUT2D eigenvalue weighted by atomic mass is 10.4. The molecule has 86 valence electrons. The quantitative estimate of drug-likeness (QED) is 0.797. The average Bonchev–Trinajstić information content (AvgIpc) is 2.72. The minimum atomic E-state index is 0.878. The summed E-state index contributed by atoms with van der Waals surface area (Å²) in [4.78, 5) is 3.31. The second-order valence-electron chi connectivity index (χ2n) is 3.93. The first-order valence-corrected chi connectivity index (χ1v) is 6.32. The van der Waals surface area contributed by atoms with E-state index in [0.29, 0.717) is 0 Å². The van der Waals surface area contributed by atoms with Crippen LogP contribution in [0.15, 0.2) is 6.33 Å². The maximum atomic E-state index is 4.45. The Bertz CT molecular complexity index is 427. The van der Waals surface area contributed by atoms with Crippen LogP contribution < -0.4 is 5.32 Å². The van der Waals surface area contributed by atoms with Crippen LogP contribution in [0.2, 0.25) is 0 Å². The summed E-state index contributed by atoms with van der Waals surface area (Å²) in [6.45, 7) is 5.37. The molecule has 7 heteroatoms. The van der Waals surface area contributed by atoms with Crippen molar-refractivity contribution in [2.45, 2.75) is 13.0 Å². The summed E-state index contributed by atoms with van der Waals surface area (Å²) < 4.78 is 1.75. The molecular weight excluding hydrogens is 224 g/mol. The zero-order valence-corrected chi connectivity index (χ0v) is 9.78. The summed E-state index contributed by atoms with van der Waals surface area (Å²) in [5.74, 6) is 0. The molecule has 1 aliphatic rings. The standard InChI is InChI=1S/C9H14N6S/c1-2-10-3-5-14(4-1)6-8-13-15-7-11-12-9(15)16-8/h7,10H,1-6H2. The van der Waals surface area contributed by atoms with Gasteiger partial charge in [0.2, 0.25) is 4.96 Å².